The molecule has 1 aliphatic heterocycles. The fourth-order valence-electron chi connectivity index (χ4n) is 5.17. The monoisotopic (exact) mass is 478 g/mol. The van der Waals surface area contributed by atoms with Crippen molar-refractivity contribution in [2.75, 3.05) is 32.8 Å². The van der Waals surface area contributed by atoms with Crippen molar-refractivity contribution in [2.45, 2.75) is 31.3 Å². The summed E-state index contributed by atoms with van der Waals surface area (Å²) in [6, 6.07) is 16.3. The lowest BCUT2D eigenvalue weighted by Gasteiger charge is -2.26. The quantitative estimate of drug-likeness (QED) is 0.573. The average molecular weight is 479 g/mol. The van der Waals surface area contributed by atoms with E-state index < -0.39 is 18.2 Å². The first kappa shape index (κ1) is 23.4. The number of benzene rings is 2. The van der Waals surface area contributed by atoms with Gasteiger partial charge in [-0.1, -0.05) is 48.5 Å². The molecule has 2 amide bonds. The molecule has 8 nitrogen and oxygen atoms in total. The minimum absolute atomic E-state index is 0.0238. The molecular formula is C27H30N2O6. The van der Waals surface area contributed by atoms with Gasteiger partial charge in [0.1, 0.15) is 19.3 Å². The van der Waals surface area contributed by atoms with Crippen molar-refractivity contribution >= 4 is 18.0 Å². The third-order valence-electron chi connectivity index (χ3n) is 7.12. The molecule has 0 spiro atoms. The topological polar surface area (TPSA) is 105 Å². The third-order valence-corrected chi connectivity index (χ3v) is 7.12. The van der Waals surface area contributed by atoms with Gasteiger partial charge >= 0.3 is 12.1 Å². The fraction of sp³-hybridized carbons (Fsp3) is 0.444. The Labute approximate surface area is 204 Å². The number of carbonyl (C=O) groups is 3. The molecule has 184 valence electrons. The van der Waals surface area contributed by atoms with Crippen molar-refractivity contribution in [2.24, 2.45) is 11.8 Å². The first-order valence-electron chi connectivity index (χ1n) is 12.2. The zero-order chi connectivity index (χ0) is 24.4. The van der Waals surface area contributed by atoms with Crippen molar-refractivity contribution in [3.05, 3.63) is 59.7 Å². The molecule has 2 aromatic rings. The maximum absolute atomic E-state index is 13.0. The Balaban J connectivity index is 1.16. The minimum atomic E-state index is -1.04. The maximum atomic E-state index is 13.0. The molecular weight excluding hydrogens is 448 g/mol. The number of amides is 2. The Kier molecular flexibility index (Phi) is 6.72. The predicted octanol–water partition coefficient (Wildman–Crippen LogP) is 3.25. The molecule has 0 aromatic heterocycles. The van der Waals surface area contributed by atoms with Crippen LogP contribution in [0.2, 0.25) is 0 Å². The molecule has 0 unspecified atom stereocenters. The van der Waals surface area contributed by atoms with Crippen LogP contribution in [0.5, 0.6) is 0 Å². The molecule has 0 bridgehead atoms. The number of alkyl carbamates (subject to hydrolysis) is 1. The molecule has 1 heterocycles. The Bertz CT molecular complexity index is 1070. The number of carboxylic acids is 1. The van der Waals surface area contributed by atoms with Gasteiger partial charge in [0.25, 0.3) is 5.91 Å². The Hall–Kier alpha value is -3.39. The lowest BCUT2D eigenvalue weighted by atomic mass is 9.98. The minimum Gasteiger partial charge on any atom is -0.480 e. The average Bonchev–Trinajstić information content (AvgIpc) is 3.45. The van der Waals surface area contributed by atoms with Gasteiger partial charge < -0.3 is 24.8 Å². The maximum Gasteiger partial charge on any atom is 0.407 e. The van der Waals surface area contributed by atoms with Crippen molar-refractivity contribution in [3.8, 4) is 11.1 Å². The zero-order valence-corrected chi connectivity index (χ0v) is 19.5. The standard InChI is InChI=1S/C27H30N2O6/c30-24(31)15-29(14-17-9-10-17)26(32)25-18(11-12-34-25)13-28-27(33)35-16-23-21-7-3-1-5-19(21)20-6-2-4-8-22(20)23/h1-8,17-18,23,25H,9-16H2,(H,28,33)(H,30,31)/t18-,25-/m0/s1. The van der Waals surface area contributed by atoms with Gasteiger partial charge in [0.05, 0.1) is 0 Å². The van der Waals surface area contributed by atoms with E-state index in [0.717, 1.165) is 24.0 Å². The van der Waals surface area contributed by atoms with Crippen molar-refractivity contribution in [1.82, 2.24) is 10.2 Å². The van der Waals surface area contributed by atoms with Crippen molar-refractivity contribution in [3.63, 3.8) is 0 Å². The molecule has 2 atom stereocenters. The van der Waals surface area contributed by atoms with Crippen LogP contribution in [0.1, 0.15) is 36.3 Å². The van der Waals surface area contributed by atoms with Gasteiger partial charge in [0, 0.05) is 31.5 Å². The van der Waals surface area contributed by atoms with E-state index in [-0.39, 0.29) is 37.4 Å². The van der Waals surface area contributed by atoms with E-state index in [1.54, 1.807) is 0 Å². The first-order valence-corrected chi connectivity index (χ1v) is 12.2. The van der Waals surface area contributed by atoms with Crippen LogP contribution in [-0.2, 0) is 19.1 Å². The highest BCUT2D eigenvalue weighted by molar-refractivity contribution is 5.85. The summed E-state index contributed by atoms with van der Waals surface area (Å²) >= 11 is 0. The normalized spacial score (nSPS) is 20.7. The molecule has 1 saturated heterocycles. The molecule has 2 aromatic carbocycles. The number of carboxylic acid groups (broad SMARTS) is 1. The summed E-state index contributed by atoms with van der Waals surface area (Å²) in [5, 5.41) is 12.0. The second-order valence-electron chi connectivity index (χ2n) is 9.60. The van der Waals surface area contributed by atoms with Crippen LogP contribution >= 0.6 is 0 Å². The Morgan fingerprint density at radius 1 is 1.00 bits per heavy atom. The van der Waals surface area contributed by atoms with Crippen molar-refractivity contribution in [1.29, 1.82) is 0 Å². The summed E-state index contributed by atoms with van der Waals surface area (Å²) in [6.07, 6.45) is 1.36. The Morgan fingerprint density at radius 2 is 1.66 bits per heavy atom. The van der Waals surface area contributed by atoms with E-state index in [9.17, 15) is 19.5 Å². The molecule has 2 aliphatic carbocycles. The van der Waals surface area contributed by atoms with Crippen LogP contribution in [0.25, 0.3) is 11.1 Å². The summed E-state index contributed by atoms with van der Waals surface area (Å²) in [7, 11) is 0. The number of nitrogens with one attached hydrogen (secondary N) is 1. The van der Waals surface area contributed by atoms with E-state index in [0.29, 0.717) is 25.5 Å². The number of hydrogen-bond acceptors (Lipinski definition) is 5. The van der Waals surface area contributed by atoms with Crippen LogP contribution in [-0.4, -0.2) is 66.9 Å². The zero-order valence-electron chi connectivity index (χ0n) is 19.5. The largest absolute Gasteiger partial charge is 0.480 e. The second kappa shape index (κ2) is 10.1. The molecule has 2 N–H and O–H groups in total. The third kappa shape index (κ3) is 5.17. The molecule has 2 fully saturated rings. The summed E-state index contributed by atoms with van der Waals surface area (Å²) in [5.41, 5.74) is 4.62. The fourth-order valence-corrected chi connectivity index (χ4v) is 5.17. The SMILES string of the molecule is O=C(O)CN(CC1CC1)C(=O)[C@H]1OCC[C@H]1CNC(=O)OCC1c2ccccc2-c2ccccc21. The van der Waals surface area contributed by atoms with Crippen LogP contribution < -0.4 is 5.32 Å². The summed E-state index contributed by atoms with van der Waals surface area (Å²) in [4.78, 5) is 38.2. The van der Waals surface area contributed by atoms with E-state index in [2.05, 4.69) is 29.6 Å². The Morgan fingerprint density at radius 3 is 2.29 bits per heavy atom. The first-order chi connectivity index (χ1) is 17.0. The molecule has 1 saturated carbocycles. The van der Waals surface area contributed by atoms with Gasteiger partial charge in [0.2, 0.25) is 0 Å². The van der Waals surface area contributed by atoms with Crippen LogP contribution in [0.4, 0.5) is 4.79 Å². The van der Waals surface area contributed by atoms with Gasteiger partial charge in [-0.2, -0.15) is 0 Å². The molecule has 3 aliphatic rings. The molecule has 8 heteroatoms. The van der Waals surface area contributed by atoms with Gasteiger partial charge in [-0.25, -0.2) is 4.79 Å². The smallest absolute Gasteiger partial charge is 0.407 e. The molecule has 0 radical (unpaired) electrons. The summed E-state index contributed by atoms with van der Waals surface area (Å²) < 4.78 is 11.3. The number of carbonyl (C=O) groups excluding carboxylic acids is 2. The highest BCUT2D eigenvalue weighted by Crippen LogP contribution is 2.44. The highest BCUT2D eigenvalue weighted by atomic mass is 16.5. The van der Waals surface area contributed by atoms with Gasteiger partial charge in [-0.05, 0) is 47.4 Å². The van der Waals surface area contributed by atoms with Crippen LogP contribution in [0.15, 0.2) is 48.5 Å². The van der Waals surface area contributed by atoms with E-state index in [1.807, 2.05) is 24.3 Å². The van der Waals surface area contributed by atoms with Crippen LogP contribution in [0.3, 0.4) is 0 Å². The summed E-state index contributed by atoms with van der Waals surface area (Å²) in [6.45, 7) is 0.964. The van der Waals surface area contributed by atoms with E-state index in [1.165, 1.54) is 16.0 Å². The number of nitrogens with zero attached hydrogens (tertiary/aromatic N) is 1. The summed E-state index contributed by atoms with van der Waals surface area (Å²) in [5.74, 6) is -1.22. The second-order valence-corrected chi connectivity index (χ2v) is 9.60. The van der Waals surface area contributed by atoms with Gasteiger partial charge in [0.15, 0.2) is 0 Å². The van der Waals surface area contributed by atoms with Crippen molar-refractivity contribution < 1.29 is 29.0 Å². The lowest BCUT2D eigenvalue weighted by molar-refractivity contribution is -0.150. The number of aliphatic carboxylic acids is 1. The van der Waals surface area contributed by atoms with E-state index >= 15 is 0 Å². The molecule has 35 heavy (non-hydrogen) atoms. The predicted molar refractivity (Wildman–Crippen MR) is 128 cm³/mol. The number of hydrogen-bond donors (Lipinski definition) is 2. The molecule has 5 rings (SSSR count). The highest BCUT2D eigenvalue weighted by Gasteiger charge is 2.39. The van der Waals surface area contributed by atoms with E-state index in [4.69, 9.17) is 9.47 Å². The van der Waals surface area contributed by atoms with Gasteiger partial charge in [-0.3, -0.25) is 9.59 Å². The van der Waals surface area contributed by atoms with Crippen LogP contribution in [0, 0.1) is 11.8 Å². The number of fused-ring (bicyclic) bond motifs is 3. The number of rotatable bonds is 9. The number of ether oxygens (including phenoxy) is 2. The van der Waals surface area contributed by atoms with Gasteiger partial charge in [-0.15, -0.1) is 0 Å². The lowest BCUT2D eigenvalue weighted by Crippen LogP contribution is -2.47.